The second-order valence-corrected chi connectivity index (χ2v) is 3.20. The molecule has 1 aliphatic heterocycles. The fourth-order valence-electron chi connectivity index (χ4n) is 1.40. The molecule has 0 N–H and O–H groups in total. The van der Waals surface area contributed by atoms with E-state index >= 15 is 0 Å². The number of hydrogen-bond acceptors (Lipinski definition) is 5. The molecule has 1 unspecified atom stereocenters. The first-order valence-corrected chi connectivity index (χ1v) is 4.50. The third-order valence-electron chi connectivity index (χ3n) is 2.18. The van der Waals surface area contributed by atoms with E-state index in [1.807, 2.05) is 6.92 Å². The van der Waals surface area contributed by atoms with E-state index in [2.05, 4.69) is 9.89 Å². The van der Waals surface area contributed by atoms with Gasteiger partial charge in [-0.2, -0.15) is 0 Å². The fourth-order valence-corrected chi connectivity index (χ4v) is 1.40. The Morgan fingerprint density at radius 3 is 2.79 bits per heavy atom. The third-order valence-corrected chi connectivity index (χ3v) is 2.18. The van der Waals surface area contributed by atoms with E-state index in [4.69, 9.17) is 9.57 Å². The zero-order valence-electron chi connectivity index (χ0n) is 8.70. The van der Waals surface area contributed by atoms with Gasteiger partial charge in [-0.1, -0.05) is 12.1 Å². The summed E-state index contributed by atoms with van der Waals surface area (Å²) in [5.74, 6) is -0.438. The summed E-state index contributed by atoms with van der Waals surface area (Å²) >= 11 is 0. The minimum atomic E-state index is -1.06. The van der Waals surface area contributed by atoms with Crippen LogP contribution in [0.4, 0.5) is 0 Å². The van der Waals surface area contributed by atoms with Gasteiger partial charge in [0, 0.05) is 13.5 Å². The van der Waals surface area contributed by atoms with Gasteiger partial charge in [0.2, 0.25) is 0 Å². The number of carbonyl (C=O) groups excluding carboxylic acids is 1. The molecule has 0 aliphatic carbocycles. The molecule has 0 bridgehead atoms. The van der Waals surface area contributed by atoms with Gasteiger partial charge in [-0.15, -0.1) is 0 Å². The maximum Gasteiger partial charge on any atom is 0.355 e. The summed E-state index contributed by atoms with van der Waals surface area (Å²) in [5, 5.41) is 3.83. The normalized spacial score (nSPS) is 25.5. The number of rotatable bonds is 4. The highest BCUT2D eigenvalue weighted by molar-refractivity contribution is 5.93. The molecule has 1 rings (SSSR count). The highest BCUT2D eigenvalue weighted by atomic mass is 16.7. The van der Waals surface area contributed by atoms with Gasteiger partial charge < -0.3 is 14.3 Å². The van der Waals surface area contributed by atoms with E-state index in [1.165, 1.54) is 14.2 Å². The summed E-state index contributed by atoms with van der Waals surface area (Å²) in [5.41, 5.74) is -0.207. The molecule has 0 saturated heterocycles. The average molecular weight is 201 g/mol. The van der Waals surface area contributed by atoms with E-state index in [1.54, 1.807) is 0 Å². The second-order valence-electron chi connectivity index (χ2n) is 3.20. The topological polar surface area (TPSA) is 57.1 Å². The summed E-state index contributed by atoms with van der Waals surface area (Å²) in [4.78, 5) is 16.6. The Morgan fingerprint density at radius 1 is 1.64 bits per heavy atom. The summed E-state index contributed by atoms with van der Waals surface area (Å²) in [7, 11) is 2.84. The first-order chi connectivity index (χ1) is 6.68. The van der Waals surface area contributed by atoms with Crippen molar-refractivity contribution in [3.05, 3.63) is 0 Å². The summed E-state index contributed by atoms with van der Waals surface area (Å²) in [6.07, 6.45) is 1.21. The summed E-state index contributed by atoms with van der Waals surface area (Å²) in [6, 6.07) is 0. The molecular formula is C9H15NO4. The van der Waals surface area contributed by atoms with E-state index in [0.717, 1.165) is 12.1 Å². The zero-order valence-corrected chi connectivity index (χ0v) is 8.70. The lowest BCUT2D eigenvalue weighted by Gasteiger charge is -2.22. The van der Waals surface area contributed by atoms with Crippen LogP contribution < -0.4 is 0 Å². The SMILES string of the molecule is CCC1=NOC(COC)(C(=O)OC)C1. The molecule has 0 amide bonds. The Morgan fingerprint density at radius 2 is 2.36 bits per heavy atom. The predicted octanol–water partition coefficient (Wildman–Crippen LogP) is 0.731. The first-order valence-electron chi connectivity index (χ1n) is 4.50. The van der Waals surface area contributed by atoms with E-state index in [-0.39, 0.29) is 6.61 Å². The van der Waals surface area contributed by atoms with E-state index in [9.17, 15) is 4.79 Å². The van der Waals surface area contributed by atoms with Gasteiger partial charge in [-0.3, -0.25) is 0 Å². The number of carbonyl (C=O) groups is 1. The van der Waals surface area contributed by atoms with Gasteiger partial charge in [0.05, 0.1) is 12.8 Å². The van der Waals surface area contributed by atoms with Crippen LogP contribution in [0.25, 0.3) is 0 Å². The molecule has 0 aromatic carbocycles. The smallest absolute Gasteiger partial charge is 0.355 e. The van der Waals surface area contributed by atoms with Crippen molar-refractivity contribution in [2.75, 3.05) is 20.8 Å². The lowest BCUT2D eigenvalue weighted by molar-refractivity contribution is -0.172. The van der Waals surface area contributed by atoms with Crippen molar-refractivity contribution in [2.24, 2.45) is 5.16 Å². The number of oxime groups is 1. The standard InChI is InChI=1S/C9H15NO4/c1-4-7-5-9(6-12-2,14-10-7)8(11)13-3/h4-6H2,1-3H3. The largest absolute Gasteiger partial charge is 0.466 e. The monoisotopic (exact) mass is 201 g/mol. The van der Waals surface area contributed by atoms with Crippen LogP contribution in [0.5, 0.6) is 0 Å². The van der Waals surface area contributed by atoms with Crippen LogP contribution in [0.15, 0.2) is 5.16 Å². The van der Waals surface area contributed by atoms with Gasteiger partial charge in [-0.25, -0.2) is 4.79 Å². The van der Waals surface area contributed by atoms with Crippen molar-refractivity contribution in [2.45, 2.75) is 25.4 Å². The Hall–Kier alpha value is -1.10. The van der Waals surface area contributed by atoms with Crippen molar-refractivity contribution in [3.63, 3.8) is 0 Å². The van der Waals surface area contributed by atoms with Crippen molar-refractivity contribution < 1.29 is 19.1 Å². The molecule has 1 heterocycles. The van der Waals surface area contributed by atoms with Crippen LogP contribution in [0.3, 0.4) is 0 Å². The molecule has 14 heavy (non-hydrogen) atoms. The van der Waals surface area contributed by atoms with E-state index in [0.29, 0.717) is 6.42 Å². The Kier molecular flexibility index (Phi) is 3.46. The molecule has 5 heteroatoms. The van der Waals surface area contributed by atoms with Gasteiger partial charge >= 0.3 is 5.97 Å². The first kappa shape index (κ1) is 11.0. The maximum absolute atomic E-state index is 11.5. The molecule has 0 radical (unpaired) electrons. The molecule has 5 nitrogen and oxygen atoms in total. The average Bonchev–Trinajstić information content (AvgIpc) is 2.62. The van der Waals surface area contributed by atoms with Crippen molar-refractivity contribution in [1.82, 2.24) is 0 Å². The quantitative estimate of drug-likeness (QED) is 0.629. The molecule has 0 aromatic rings. The maximum atomic E-state index is 11.5. The number of methoxy groups -OCH3 is 2. The van der Waals surface area contributed by atoms with Crippen LogP contribution in [-0.2, 0) is 19.1 Å². The van der Waals surface area contributed by atoms with E-state index < -0.39 is 11.6 Å². The molecule has 0 spiro atoms. The second kappa shape index (κ2) is 4.41. The highest BCUT2D eigenvalue weighted by Gasteiger charge is 2.47. The number of esters is 1. The molecule has 0 fully saturated rings. The third kappa shape index (κ3) is 1.87. The number of hydrogen-bond donors (Lipinski definition) is 0. The van der Waals surface area contributed by atoms with Gasteiger partial charge in [0.15, 0.2) is 0 Å². The van der Waals surface area contributed by atoms with Gasteiger partial charge in [0.1, 0.15) is 6.61 Å². The predicted molar refractivity (Wildman–Crippen MR) is 50.1 cm³/mol. The Bertz CT molecular complexity index is 251. The Balaban J connectivity index is 2.73. The molecule has 1 atom stereocenters. The van der Waals surface area contributed by atoms with Crippen molar-refractivity contribution >= 4 is 11.7 Å². The summed E-state index contributed by atoms with van der Waals surface area (Å²) in [6.45, 7) is 2.12. The molecule has 1 aliphatic rings. The molecule has 80 valence electrons. The highest BCUT2D eigenvalue weighted by Crippen LogP contribution is 2.26. The minimum Gasteiger partial charge on any atom is -0.466 e. The van der Waals surface area contributed by atoms with Crippen LogP contribution in [-0.4, -0.2) is 38.1 Å². The van der Waals surface area contributed by atoms with Gasteiger partial charge in [-0.05, 0) is 6.42 Å². The molecule has 0 saturated carbocycles. The van der Waals surface area contributed by atoms with Crippen LogP contribution in [0, 0.1) is 0 Å². The van der Waals surface area contributed by atoms with Crippen molar-refractivity contribution in [3.8, 4) is 0 Å². The van der Waals surface area contributed by atoms with Gasteiger partial charge in [0.25, 0.3) is 5.60 Å². The lowest BCUT2D eigenvalue weighted by atomic mass is 9.97. The van der Waals surface area contributed by atoms with Crippen molar-refractivity contribution in [1.29, 1.82) is 0 Å². The molecular weight excluding hydrogens is 186 g/mol. The molecule has 0 aromatic heterocycles. The van der Waals surface area contributed by atoms with Crippen LogP contribution in [0.1, 0.15) is 19.8 Å². The number of nitrogens with zero attached hydrogens (tertiary/aromatic N) is 1. The fraction of sp³-hybridized carbons (Fsp3) is 0.778. The summed E-state index contributed by atoms with van der Waals surface area (Å²) < 4.78 is 9.61. The lowest BCUT2D eigenvalue weighted by Crippen LogP contribution is -2.44. The zero-order chi connectivity index (χ0) is 10.6. The van der Waals surface area contributed by atoms with Crippen LogP contribution in [0.2, 0.25) is 0 Å². The Labute approximate surface area is 83.0 Å². The minimum absolute atomic E-state index is 0.159. The number of ether oxygens (including phenoxy) is 2. The van der Waals surface area contributed by atoms with Crippen LogP contribution >= 0.6 is 0 Å².